The van der Waals surface area contributed by atoms with Crippen LogP contribution >= 0.6 is 11.3 Å². The number of fused-ring (bicyclic) bond motifs is 2. The summed E-state index contributed by atoms with van der Waals surface area (Å²) in [5.74, 6) is -9.16. The number of guanidine groups is 3. The van der Waals surface area contributed by atoms with Crippen LogP contribution in [0.4, 0.5) is 0 Å². The number of rotatable bonds is 30. The molecule has 1 saturated carbocycles. The smallest absolute Gasteiger partial charge is 0.326 e. The number of nitrogens with two attached hydrogens (primary N) is 7. The van der Waals surface area contributed by atoms with Crippen molar-refractivity contribution in [3.05, 3.63) is 57.8 Å². The number of carboxylic acid groups (broad SMARTS) is 2. The van der Waals surface area contributed by atoms with Gasteiger partial charge in [0.25, 0.3) is 5.97 Å². The molecule has 2 aromatic rings. The molecule has 4 aliphatic heterocycles. The molecule has 0 spiro atoms. The van der Waals surface area contributed by atoms with Gasteiger partial charge < -0.3 is 107 Å². The van der Waals surface area contributed by atoms with Gasteiger partial charge in [0, 0.05) is 76.4 Å². The van der Waals surface area contributed by atoms with Crippen molar-refractivity contribution in [1.82, 2.24) is 46.2 Å². The van der Waals surface area contributed by atoms with Gasteiger partial charge in [0.2, 0.25) is 53.2 Å². The Hall–Kier alpha value is -9.22. The zero-order chi connectivity index (χ0) is 70.3. The summed E-state index contributed by atoms with van der Waals surface area (Å²) in [7, 11) is 0. The molecule has 3 saturated heterocycles. The van der Waals surface area contributed by atoms with E-state index in [1.54, 1.807) is 35.7 Å². The van der Waals surface area contributed by atoms with Crippen LogP contribution in [0.15, 0.2) is 56.8 Å². The largest absolute Gasteiger partial charge is 0.481 e. The molecule has 5 heterocycles. The van der Waals surface area contributed by atoms with Crippen LogP contribution in [-0.4, -0.2) is 235 Å². The fraction of sp³-hybridized carbons (Fsp3) is 0.607. The number of nitrogens with zero attached hydrogens (tertiary/aromatic N) is 7. The Morgan fingerprint density at radius 3 is 1.84 bits per heavy atom. The molecule has 1 unspecified atom stereocenters. The van der Waals surface area contributed by atoms with Gasteiger partial charge >= 0.3 is 5.97 Å². The second kappa shape index (κ2) is 36.6. The predicted octanol–water partition coefficient (Wildman–Crippen LogP) is -4.93. The zero-order valence-corrected chi connectivity index (χ0v) is 54.6. The van der Waals surface area contributed by atoms with E-state index >= 15 is 4.79 Å². The summed E-state index contributed by atoms with van der Waals surface area (Å²) >= 11 is 1.27. The lowest BCUT2D eigenvalue weighted by molar-refractivity contribution is -0.153. The van der Waals surface area contributed by atoms with Crippen molar-refractivity contribution in [2.24, 2.45) is 61.0 Å². The molecule has 0 radical (unpaired) electrons. The van der Waals surface area contributed by atoms with E-state index in [1.807, 2.05) is 6.07 Å². The highest BCUT2D eigenvalue weighted by atomic mass is 32.1. The van der Waals surface area contributed by atoms with E-state index in [9.17, 15) is 58.5 Å². The second-order valence-electron chi connectivity index (χ2n) is 24.4. The third-order valence-corrected chi connectivity index (χ3v) is 18.3. The van der Waals surface area contributed by atoms with E-state index in [0.29, 0.717) is 29.7 Å². The van der Waals surface area contributed by atoms with Gasteiger partial charge in [-0.05, 0) is 99.1 Å². The predicted molar refractivity (Wildman–Crippen MR) is 351 cm³/mol. The van der Waals surface area contributed by atoms with Gasteiger partial charge in [-0.1, -0.05) is 43.2 Å². The maximum absolute atomic E-state index is 15.3. The molecule has 96 heavy (non-hydrogen) atoms. The molecule has 1 aromatic heterocycles. The number of likely N-dealkylation sites (tertiary alicyclic amines) is 3. The monoisotopic (exact) mass is 1360 g/mol. The van der Waals surface area contributed by atoms with Gasteiger partial charge in [0.15, 0.2) is 17.9 Å². The van der Waals surface area contributed by atoms with Crippen LogP contribution in [0.5, 0.6) is 0 Å². The van der Waals surface area contributed by atoms with Crippen LogP contribution in [0.3, 0.4) is 0 Å². The SMILES string of the molecule is CC(=O)O.NC(N)=NCCC[C@@H](N)C(=O)N[C@@H](CCCN=C(N)N)C(=O)N1CCC[C@H]1C(=O)N1C[C@H](O)C[C@H]1C(=O)NCC(=O)N[C@@H](Cc1cccs1)C(=O)N[C@@H](CO)C(=O)N1Cc2ccccc2C[C@@H]1C(=O)N1C(C(=O)N[C@@H](CCCN=C(N)N)C(=O)O)C[C@@H]2CCCC[C@@H]21. The van der Waals surface area contributed by atoms with Gasteiger partial charge in [-0.15, -0.1) is 11.3 Å². The molecule has 12 atom stereocenters. The number of benzene rings is 1. The Kier molecular flexibility index (Phi) is 28.9. The summed E-state index contributed by atoms with van der Waals surface area (Å²) in [4.78, 5) is 168. The molecule has 9 amide bonds. The third-order valence-electron chi connectivity index (χ3n) is 17.4. The molecule has 0 bridgehead atoms. The first-order valence-corrected chi connectivity index (χ1v) is 33.0. The molecular weight excluding hydrogens is 1270 g/mol. The summed E-state index contributed by atoms with van der Waals surface area (Å²) < 4.78 is 0. The minimum absolute atomic E-state index is 0.00000960. The fourth-order valence-electron chi connectivity index (χ4n) is 12.9. The van der Waals surface area contributed by atoms with E-state index in [0.717, 1.165) is 36.6 Å². The average molecular weight is 1360 g/mol. The first kappa shape index (κ1) is 75.8. The zero-order valence-electron chi connectivity index (χ0n) is 53.8. The number of hydrogen-bond donors (Lipinski definition) is 16. The summed E-state index contributed by atoms with van der Waals surface area (Å²) in [6.45, 7) is -0.375. The van der Waals surface area contributed by atoms with Crippen molar-refractivity contribution in [2.75, 3.05) is 45.9 Å². The number of aliphatic imine (C=N–C) groups is 3. The van der Waals surface area contributed by atoms with E-state index in [1.165, 1.54) is 26.0 Å². The number of β-amino-alcohol motifs (C(OH)–C–C–N with tert-alkyl or cyclic N) is 1. The molecule has 34 nitrogen and oxygen atoms in total. The minimum Gasteiger partial charge on any atom is -0.481 e. The number of carbonyl (C=O) groups is 11. The van der Waals surface area contributed by atoms with Crippen molar-refractivity contribution < 1.29 is 73.2 Å². The number of carboxylic acids is 2. The maximum Gasteiger partial charge on any atom is 0.326 e. The van der Waals surface area contributed by atoms with Crippen LogP contribution < -0.4 is 66.7 Å². The summed E-state index contributed by atoms with van der Waals surface area (Å²) in [6, 6.07) is -1.07. The summed E-state index contributed by atoms with van der Waals surface area (Å²) in [6.07, 6.45) is 3.42. The van der Waals surface area contributed by atoms with Crippen molar-refractivity contribution in [3.63, 3.8) is 0 Å². The molecule has 5 aliphatic rings. The van der Waals surface area contributed by atoms with Gasteiger partial charge in [-0.3, -0.25) is 62.9 Å². The molecular formula is C61H93N19O15S. The van der Waals surface area contributed by atoms with Crippen molar-refractivity contribution in [1.29, 1.82) is 0 Å². The molecule has 23 N–H and O–H groups in total. The molecule has 4 fully saturated rings. The Labute approximate surface area is 559 Å². The molecule has 1 aromatic carbocycles. The fourth-order valence-corrected chi connectivity index (χ4v) is 13.6. The quantitative estimate of drug-likeness (QED) is 0.0198. The molecule has 528 valence electrons. The van der Waals surface area contributed by atoms with Gasteiger partial charge in [-0.25, -0.2) is 4.79 Å². The number of aliphatic hydroxyl groups excluding tert-OH is 2. The minimum atomic E-state index is -1.66. The van der Waals surface area contributed by atoms with Gasteiger partial charge in [0.05, 0.1) is 25.3 Å². The van der Waals surface area contributed by atoms with E-state index < -0.39 is 145 Å². The number of aliphatic carboxylic acids is 2. The van der Waals surface area contributed by atoms with Crippen LogP contribution in [0, 0.1) is 5.92 Å². The lowest BCUT2D eigenvalue weighted by Crippen LogP contribution is -2.63. The van der Waals surface area contributed by atoms with E-state index in [2.05, 4.69) is 41.6 Å². The van der Waals surface area contributed by atoms with Crippen LogP contribution in [0.1, 0.15) is 113 Å². The molecule has 1 aliphatic carbocycles. The van der Waals surface area contributed by atoms with Crippen LogP contribution in [0.25, 0.3) is 0 Å². The normalized spacial score (nSPS) is 21.7. The number of carbonyl (C=O) groups excluding carboxylic acids is 9. The Morgan fingerprint density at radius 2 is 1.23 bits per heavy atom. The number of aliphatic hydroxyl groups is 2. The highest BCUT2D eigenvalue weighted by molar-refractivity contribution is 7.09. The number of nitrogens with one attached hydrogen (secondary N) is 5. The first-order valence-electron chi connectivity index (χ1n) is 32.1. The maximum atomic E-state index is 15.3. The molecule has 35 heteroatoms. The topological polar surface area (TPSA) is 561 Å². The second-order valence-corrected chi connectivity index (χ2v) is 25.5. The third kappa shape index (κ3) is 21.7. The van der Waals surface area contributed by atoms with Gasteiger partial charge in [0.1, 0.15) is 48.3 Å². The molecule has 7 rings (SSSR count). The lowest BCUT2D eigenvalue weighted by atomic mass is 9.84. The van der Waals surface area contributed by atoms with E-state index in [-0.39, 0.29) is 127 Å². The number of amides is 9. The lowest BCUT2D eigenvalue weighted by Gasteiger charge is -2.42. The highest BCUT2D eigenvalue weighted by Crippen LogP contribution is 2.41. The van der Waals surface area contributed by atoms with Gasteiger partial charge in [-0.2, -0.15) is 0 Å². The Bertz CT molecular complexity index is 3160. The van der Waals surface area contributed by atoms with Crippen LogP contribution in [0.2, 0.25) is 0 Å². The van der Waals surface area contributed by atoms with E-state index in [4.69, 9.17) is 50.0 Å². The highest BCUT2D eigenvalue weighted by Gasteiger charge is 2.52. The first-order chi connectivity index (χ1) is 45.7. The standard InChI is InChI=1S/C59H89N19O13S.C2H4O2/c60-37(14-5-19-67-57(61)62)48(82)72-38(15-6-20-68-58(63)64)52(86)75-22-8-18-43(75)54(88)77-30-35(80)26-44(77)50(84)70-28-47(81)71-40(27-36-13-9-23-92-36)49(83)74-41(31-79)53(87)76-29-34-12-2-1-10-32(34)24-46(76)55(89)78-42-17-4-3-11-33(42)25-45(78)51(85)73-39(56(90)91)16-7-21-69-59(65)66;1-2(3)4/h1-2,9-10,12-13,23,33,35,37-46,79-80H,3-8,11,14-22,24-31,60H2,(H,70,84)(H,71,81)(H,72,82)(H,73,85)(H,74,83)(H,90,91)(H4,61,62,67)(H4,63,64,68)(H4,65,66,69);1H3,(H,3,4)/t33-,35+,37+,38-,39-,40-,41-,42-,43-,44-,45?,46+;/m0./s1. The average Bonchev–Trinajstić information content (AvgIpc) is 1.47. The van der Waals surface area contributed by atoms with Crippen molar-refractivity contribution in [3.8, 4) is 0 Å². The summed E-state index contributed by atoms with van der Waals surface area (Å²) in [5, 5.41) is 54.2. The van der Waals surface area contributed by atoms with Crippen molar-refractivity contribution >= 4 is 94.3 Å². The number of hydrogen-bond acceptors (Lipinski definition) is 18. The summed E-state index contributed by atoms with van der Waals surface area (Å²) in [5.41, 5.74) is 40.3. The Morgan fingerprint density at radius 1 is 0.625 bits per heavy atom. The Balaban J connectivity index is 0.00000354. The number of thiophene rings is 1. The van der Waals surface area contributed by atoms with Crippen LogP contribution in [-0.2, 0) is 72.1 Å². The van der Waals surface area contributed by atoms with Crippen molar-refractivity contribution in [2.45, 2.75) is 183 Å².